The smallest absolute Gasteiger partial charge is 0.308 e. The lowest BCUT2D eigenvalue weighted by molar-refractivity contribution is -0.131. The Kier molecular flexibility index (Phi) is 2.71. The zero-order valence-corrected chi connectivity index (χ0v) is 7.07. The number of nitrogens with one attached hydrogen (secondary N) is 1. The van der Waals surface area contributed by atoms with E-state index in [1.807, 2.05) is 0 Å². The quantitative estimate of drug-likeness (QED) is 0.205. The van der Waals surface area contributed by atoms with E-state index in [4.69, 9.17) is 10.6 Å². The average Bonchev–Trinajstić information content (AvgIpc) is 2.03. The van der Waals surface area contributed by atoms with Gasteiger partial charge in [-0.1, -0.05) is 0 Å². The van der Waals surface area contributed by atoms with Crippen molar-refractivity contribution in [2.24, 2.45) is 5.84 Å². The maximum absolute atomic E-state index is 10.5. The Morgan fingerprint density at radius 1 is 1.62 bits per heavy atom. The van der Waals surface area contributed by atoms with Crippen LogP contribution in [-0.4, -0.2) is 11.1 Å². The summed E-state index contributed by atoms with van der Waals surface area (Å²) in [6, 6.07) is 4.33. The minimum absolute atomic E-state index is 0.0683. The van der Waals surface area contributed by atoms with Crippen molar-refractivity contribution in [3.63, 3.8) is 0 Å². The summed E-state index contributed by atoms with van der Waals surface area (Å²) in [7, 11) is 0. The Bertz CT molecular complexity index is 325. The first-order valence-corrected chi connectivity index (χ1v) is 3.61. The number of nitrogen functional groups attached to an aromatic ring is 1. The molecule has 5 heteroatoms. The number of nitrogens with two attached hydrogens (primary N) is 1. The van der Waals surface area contributed by atoms with E-state index in [1.54, 1.807) is 0 Å². The molecule has 0 aliphatic heterocycles. The second kappa shape index (κ2) is 3.77. The summed E-state index contributed by atoms with van der Waals surface area (Å²) in [6.07, 6.45) is 0. The van der Waals surface area contributed by atoms with Gasteiger partial charge < -0.3 is 15.3 Å². The molecule has 1 aromatic rings. The van der Waals surface area contributed by atoms with Crippen LogP contribution in [0, 0.1) is 0 Å². The summed E-state index contributed by atoms with van der Waals surface area (Å²) < 4.78 is 4.73. The molecule has 0 radical (unpaired) electrons. The van der Waals surface area contributed by atoms with Crippen LogP contribution in [0.4, 0.5) is 5.69 Å². The Hall–Kier alpha value is -1.75. The third-order valence-electron chi connectivity index (χ3n) is 1.39. The molecule has 0 bridgehead atoms. The standard InChI is InChI=1S/C8H10N2O3/c1-5(11)13-6-2-3-7(10-9)8(12)4-6/h2-4,10,12H,9H2,1H3. The maximum atomic E-state index is 10.5. The normalized spacial score (nSPS) is 9.38. The zero-order valence-electron chi connectivity index (χ0n) is 7.07. The number of rotatable bonds is 2. The van der Waals surface area contributed by atoms with Gasteiger partial charge in [-0.25, -0.2) is 0 Å². The van der Waals surface area contributed by atoms with E-state index in [2.05, 4.69) is 5.43 Å². The van der Waals surface area contributed by atoms with Crippen molar-refractivity contribution in [1.29, 1.82) is 0 Å². The van der Waals surface area contributed by atoms with E-state index in [0.29, 0.717) is 5.69 Å². The first-order chi connectivity index (χ1) is 6.13. The molecule has 13 heavy (non-hydrogen) atoms. The molecule has 70 valence electrons. The highest BCUT2D eigenvalue weighted by molar-refractivity contribution is 5.70. The third-order valence-corrected chi connectivity index (χ3v) is 1.39. The van der Waals surface area contributed by atoms with Crippen molar-refractivity contribution < 1.29 is 14.6 Å². The van der Waals surface area contributed by atoms with Crippen LogP contribution in [0.1, 0.15) is 6.92 Å². The van der Waals surface area contributed by atoms with Crippen molar-refractivity contribution in [3.8, 4) is 11.5 Å². The van der Waals surface area contributed by atoms with Crippen molar-refractivity contribution in [2.75, 3.05) is 5.43 Å². The molecular formula is C8H10N2O3. The number of aromatic hydroxyl groups is 1. The molecule has 1 rings (SSSR count). The molecule has 0 unspecified atom stereocenters. The van der Waals surface area contributed by atoms with Crippen LogP contribution in [0.2, 0.25) is 0 Å². The lowest BCUT2D eigenvalue weighted by Gasteiger charge is -2.05. The van der Waals surface area contributed by atoms with Gasteiger partial charge in [0.15, 0.2) is 0 Å². The summed E-state index contributed by atoms with van der Waals surface area (Å²) in [4.78, 5) is 10.5. The molecule has 0 heterocycles. The lowest BCUT2D eigenvalue weighted by Crippen LogP contribution is -2.07. The predicted molar refractivity (Wildman–Crippen MR) is 47.2 cm³/mol. The fraction of sp³-hybridized carbons (Fsp3) is 0.125. The first kappa shape index (κ1) is 9.34. The third kappa shape index (κ3) is 2.34. The molecule has 5 nitrogen and oxygen atoms in total. The highest BCUT2D eigenvalue weighted by Crippen LogP contribution is 2.26. The van der Waals surface area contributed by atoms with Gasteiger partial charge >= 0.3 is 5.97 Å². The van der Waals surface area contributed by atoms with Crippen LogP contribution >= 0.6 is 0 Å². The van der Waals surface area contributed by atoms with Gasteiger partial charge in [0.2, 0.25) is 0 Å². The molecule has 0 saturated heterocycles. The van der Waals surface area contributed by atoms with E-state index in [-0.39, 0.29) is 11.5 Å². The molecule has 1 aromatic carbocycles. The molecule has 0 atom stereocenters. The fourth-order valence-corrected chi connectivity index (χ4v) is 0.863. The number of hydrazine groups is 1. The van der Waals surface area contributed by atoms with Crippen LogP contribution in [-0.2, 0) is 4.79 Å². The summed E-state index contributed by atoms with van der Waals surface area (Å²) in [5.74, 6) is 4.86. The van der Waals surface area contributed by atoms with Crippen LogP contribution < -0.4 is 16.0 Å². The van der Waals surface area contributed by atoms with Gasteiger partial charge in [-0.15, -0.1) is 0 Å². The second-order valence-electron chi connectivity index (χ2n) is 2.42. The van der Waals surface area contributed by atoms with E-state index in [1.165, 1.54) is 25.1 Å². The largest absolute Gasteiger partial charge is 0.506 e. The Balaban J connectivity index is 2.89. The predicted octanol–water partition coefficient (Wildman–Crippen LogP) is 0.603. The summed E-state index contributed by atoms with van der Waals surface area (Å²) >= 11 is 0. The highest BCUT2D eigenvalue weighted by atomic mass is 16.5. The summed E-state index contributed by atoms with van der Waals surface area (Å²) in [5.41, 5.74) is 2.66. The van der Waals surface area contributed by atoms with Gasteiger partial charge in [0.1, 0.15) is 11.5 Å². The van der Waals surface area contributed by atoms with E-state index >= 15 is 0 Å². The molecule has 0 saturated carbocycles. The number of carbonyl (C=O) groups is 1. The number of phenolic OH excluding ortho intramolecular Hbond substituents is 1. The molecule has 0 aliphatic carbocycles. The van der Waals surface area contributed by atoms with Gasteiger partial charge in [-0.3, -0.25) is 10.6 Å². The number of hydrogen-bond acceptors (Lipinski definition) is 5. The first-order valence-electron chi connectivity index (χ1n) is 3.61. The molecule has 0 aromatic heterocycles. The second-order valence-corrected chi connectivity index (χ2v) is 2.42. The molecule has 0 aliphatic rings. The van der Waals surface area contributed by atoms with E-state index < -0.39 is 5.97 Å². The number of esters is 1. The molecule has 0 fully saturated rings. The van der Waals surface area contributed by atoms with E-state index in [9.17, 15) is 9.90 Å². The number of phenols is 1. The van der Waals surface area contributed by atoms with Crippen molar-refractivity contribution >= 4 is 11.7 Å². The molecule has 0 spiro atoms. The topological polar surface area (TPSA) is 84.6 Å². The number of benzene rings is 1. The van der Waals surface area contributed by atoms with E-state index in [0.717, 1.165) is 0 Å². The zero-order chi connectivity index (χ0) is 9.84. The van der Waals surface area contributed by atoms with Gasteiger partial charge in [0.25, 0.3) is 0 Å². The lowest BCUT2D eigenvalue weighted by atomic mass is 10.3. The van der Waals surface area contributed by atoms with Crippen LogP contribution in [0.15, 0.2) is 18.2 Å². The summed E-state index contributed by atoms with van der Waals surface area (Å²) in [6.45, 7) is 1.28. The van der Waals surface area contributed by atoms with Crippen LogP contribution in [0.5, 0.6) is 11.5 Å². The number of anilines is 1. The van der Waals surface area contributed by atoms with Gasteiger partial charge in [-0.2, -0.15) is 0 Å². The van der Waals surface area contributed by atoms with Gasteiger partial charge in [0.05, 0.1) is 5.69 Å². The van der Waals surface area contributed by atoms with Crippen LogP contribution in [0.25, 0.3) is 0 Å². The van der Waals surface area contributed by atoms with Crippen molar-refractivity contribution in [1.82, 2.24) is 0 Å². The average molecular weight is 182 g/mol. The molecule has 0 amide bonds. The Morgan fingerprint density at radius 2 is 2.31 bits per heavy atom. The number of hydrogen-bond donors (Lipinski definition) is 3. The van der Waals surface area contributed by atoms with Crippen LogP contribution in [0.3, 0.4) is 0 Å². The monoisotopic (exact) mass is 182 g/mol. The number of carbonyl (C=O) groups excluding carboxylic acids is 1. The Labute approximate surface area is 75.1 Å². The molecular weight excluding hydrogens is 172 g/mol. The summed E-state index contributed by atoms with van der Waals surface area (Å²) in [5, 5.41) is 9.27. The minimum atomic E-state index is -0.437. The van der Waals surface area contributed by atoms with Gasteiger partial charge in [-0.05, 0) is 12.1 Å². The minimum Gasteiger partial charge on any atom is -0.506 e. The molecule has 4 N–H and O–H groups in total. The maximum Gasteiger partial charge on any atom is 0.308 e. The van der Waals surface area contributed by atoms with Crippen molar-refractivity contribution in [3.05, 3.63) is 18.2 Å². The SMILES string of the molecule is CC(=O)Oc1ccc(NN)c(O)c1. The van der Waals surface area contributed by atoms with Crippen molar-refractivity contribution in [2.45, 2.75) is 6.92 Å². The highest BCUT2D eigenvalue weighted by Gasteiger charge is 2.03. The Morgan fingerprint density at radius 3 is 2.77 bits per heavy atom. The number of ether oxygens (including phenoxy) is 1. The fourth-order valence-electron chi connectivity index (χ4n) is 0.863. The van der Waals surface area contributed by atoms with Gasteiger partial charge in [0, 0.05) is 13.0 Å².